The first-order valence-corrected chi connectivity index (χ1v) is 7.40. The van der Waals surface area contributed by atoms with Gasteiger partial charge in [-0.2, -0.15) is 13.2 Å². The van der Waals surface area contributed by atoms with Gasteiger partial charge in [0.25, 0.3) is 0 Å². The molecule has 0 radical (unpaired) electrons. The fourth-order valence-corrected chi connectivity index (χ4v) is 2.94. The molecule has 7 heteroatoms. The van der Waals surface area contributed by atoms with Crippen LogP contribution in [0.25, 0.3) is 5.57 Å². The highest BCUT2D eigenvalue weighted by molar-refractivity contribution is 6.26. The smallest absolute Gasteiger partial charge is 0.385 e. The van der Waals surface area contributed by atoms with Crippen LogP contribution in [0.15, 0.2) is 54.4 Å². The molecule has 0 spiro atoms. The van der Waals surface area contributed by atoms with Crippen LogP contribution >= 0.6 is 0 Å². The molecule has 3 nitrogen and oxygen atoms in total. The third-order valence-corrected chi connectivity index (χ3v) is 4.20. The number of carbonyl (C=O) groups is 1. The van der Waals surface area contributed by atoms with E-state index in [1.165, 1.54) is 42.3 Å². The normalized spacial score (nSPS) is 18.2. The molecule has 0 saturated heterocycles. The maximum Gasteiger partial charge on any atom is 0.416 e. The van der Waals surface area contributed by atoms with Crippen molar-refractivity contribution < 1.29 is 22.4 Å². The first-order chi connectivity index (χ1) is 11.7. The molecule has 2 N–H and O–H groups in total. The largest absolute Gasteiger partial charge is 0.416 e. The number of nitrogens with zero attached hydrogens (tertiary/aromatic N) is 1. The average molecular weight is 350 g/mol. The first-order valence-electron chi connectivity index (χ1n) is 7.40. The second-order valence-corrected chi connectivity index (χ2v) is 5.74. The van der Waals surface area contributed by atoms with Crippen molar-refractivity contribution in [2.45, 2.75) is 12.2 Å². The van der Waals surface area contributed by atoms with Crippen LogP contribution in [-0.4, -0.2) is 17.7 Å². The Morgan fingerprint density at radius 3 is 2.40 bits per heavy atom. The molecule has 0 aliphatic carbocycles. The van der Waals surface area contributed by atoms with Gasteiger partial charge in [-0.05, 0) is 23.8 Å². The van der Waals surface area contributed by atoms with E-state index in [0.29, 0.717) is 0 Å². The second kappa shape index (κ2) is 5.91. The monoisotopic (exact) mass is 350 g/mol. The standard InChI is InChI=1S/C18H14F4N2O/c1-24-15(12-7-2-3-8-13(12)19)16(25)14(17(24)23)10-5-4-6-11(9-10)18(20,21)22/h2-9,15H,23H2,1H3. The van der Waals surface area contributed by atoms with Crippen molar-refractivity contribution in [3.63, 3.8) is 0 Å². The van der Waals surface area contributed by atoms with Crippen LogP contribution in [0, 0.1) is 5.82 Å². The summed E-state index contributed by atoms with van der Waals surface area (Å²) in [5, 5.41) is 0. The topological polar surface area (TPSA) is 46.3 Å². The minimum atomic E-state index is -4.54. The van der Waals surface area contributed by atoms with Crippen molar-refractivity contribution in [2.75, 3.05) is 7.05 Å². The molecule has 1 heterocycles. The summed E-state index contributed by atoms with van der Waals surface area (Å²) in [5.74, 6) is -1.10. The van der Waals surface area contributed by atoms with Gasteiger partial charge in [0.05, 0.1) is 11.1 Å². The molecule has 3 rings (SSSR count). The lowest BCUT2D eigenvalue weighted by Crippen LogP contribution is -2.26. The highest BCUT2D eigenvalue weighted by Gasteiger charge is 2.40. The first kappa shape index (κ1) is 17.0. The van der Waals surface area contributed by atoms with Crippen LogP contribution in [0.1, 0.15) is 22.7 Å². The molecule has 0 bridgehead atoms. The summed E-state index contributed by atoms with van der Waals surface area (Å²) in [6, 6.07) is 9.11. The van der Waals surface area contributed by atoms with Crippen LogP contribution in [0.2, 0.25) is 0 Å². The van der Waals surface area contributed by atoms with E-state index in [1.807, 2.05) is 0 Å². The maximum atomic E-state index is 14.1. The van der Waals surface area contributed by atoms with Gasteiger partial charge in [-0.1, -0.05) is 30.3 Å². The second-order valence-electron chi connectivity index (χ2n) is 5.74. The van der Waals surface area contributed by atoms with E-state index in [4.69, 9.17) is 5.73 Å². The number of hydrogen-bond acceptors (Lipinski definition) is 3. The summed E-state index contributed by atoms with van der Waals surface area (Å²) in [6.07, 6.45) is -4.54. The van der Waals surface area contributed by atoms with Gasteiger partial charge >= 0.3 is 6.18 Å². The van der Waals surface area contributed by atoms with Gasteiger partial charge in [0, 0.05) is 12.6 Å². The molecular formula is C18H14F4N2O. The zero-order chi connectivity index (χ0) is 18.4. The van der Waals surface area contributed by atoms with Crippen LogP contribution in [0.4, 0.5) is 17.6 Å². The maximum absolute atomic E-state index is 14.1. The summed E-state index contributed by atoms with van der Waals surface area (Å²) in [5.41, 5.74) is 5.23. The van der Waals surface area contributed by atoms with Crippen molar-refractivity contribution in [3.05, 3.63) is 76.9 Å². The van der Waals surface area contributed by atoms with Crippen LogP contribution in [-0.2, 0) is 11.0 Å². The minimum Gasteiger partial charge on any atom is -0.385 e. The molecule has 0 amide bonds. The minimum absolute atomic E-state index is 0.0116. The van der Waals surface area contributed by atoms with Gasteiger partial charge in [-0.15, -0.1) is 0 Å². The van der Waals surface area contributed by atoms with Crippen molar-refractivity contribution in [3.8, 4) is 0 Å². The molecule has 2 aromatic carbocycles. The summed E-state index contributed by atoms with van der Waals surface area (Å²) in [7, 11) is 1.50. The van der Waals surface area contributed by atoms with Crippen LogP contribution in [0.5, 0.6) is 0 Å². The van der Waals surface area contributed by atoms with Gasteiger partial charge in [-0.25, -0.2) is 4.39 Å². The number of halogens is 4. The summed E-state index contributed by atoms with van der Waals surface area (Å²) in [4.78, 5) is 14.2. The van der Waals surface area contributed by atoms with Gasteiger partial charge in [-0.3, -0.25) is 4.79 Å². The predicted molar refractivity (Wildman–Crippen MR) is 84.5 cm³/mol. The lowest BCUT2D eigenvalue weighted by molar-refractivity contribution is -0.137. The Bertz CT molecular complexity index is 873. The average Bonchev–Trinajstić information content (AvgIpc) is 2.77. The number of Topliss-reactive ketones (excluding diaryl/α,β-unsaturated/α-hetero) is 1. The summed E-state index contributed by atoms with van der Waals surface area (Å²) in [6.45, 7) is 0. The highest BCUT2D eigenvalue weighted by atomic mass is 19.4. The Morgan fingerprint density at radius 1 is 1.08 bits per heavy atom. The van der Waals surface area contributed by atoms with E-state index < -0.39 is 29.4 Å². The number of likely N-dealkylation sites (N-methyl/N-ethyl adjacent to an activating group) is 1. The van der Waals surface area contributed by atoms with Gasteiger partial charge < -0.3 is 10.6 Å². The Morgan fingerprint density at radius 2 is 1.76 bits per heavy atom. The third-order valence-electron chi connectivity index (χ3n) is 4.20. The predicted octanol–water partition coefficient (Wildman–Crippen LogP) is 3.73. The third kappa shape index (κ3) is 2.86. The molecule has 2 aromatic rings. The molecule has 0 fully saturated rings. The Balaban J connectivity index is 2.07. The molecular weight excluding hydrogens is 336 g/mol. The van der Waals surface area contributed by atoms with E-state index in [9.17, 15) is 22.4 Å². The van der Waals surface area contributed by atoms with E-state index >= 15 is 0 Å². The number of nitrogens with two attached hydrogens (primary N) is 1. The van der Waals surface area contributed by atoms with E-state index in [0.717, 1.165) is 12.1 Å². The van der Waals surface area contributed by atoms with Crippen LogP contribution in [0.3, 0.4) is 0 Å². The number of carbonyl (C=O) groups excluding carboxylic acids is 1. The number of benzene rings is 2. The van der Waals surface area contributed by atoms with Crippen molar-refractivity contribution in [1.29, 1.82) is 0 Å². The number of ketones is 1. The Kier molecular flexibility index (Phi) is 4.02. The van der Waals surface area contributed by atoms with Crippen molar-refractivity contribution >= 4 is 11.4 Å². The van der Waals surface area contributed by atoms with Gasteiger partial charge in [0.15, 0.2) is 5.78 Å². The van der Waals surface area contributed by atoms with Crippen molar-refractivity contribution in [1.82, 2.24) is 4.90 Å². The zero-order valence-electron chi connectivity index (χ0n) is 13.1. The fourth-order valence-electron chi connectivity index (χ4n) is 2.94. The van der Waals surface area contributed by atoms with Crippen molar-refractivity contribution in [2.24, 2.45) is 5.73 Å². The molecule has 1 aliphatic rings. The SMILES string of the molecule is CN1C(N)=C(c2cccc(C(F)(F)F)c2)C(=O)C1c1ccccc1F. The quantitative estimate of drug-likeness (QED) is 0.840. The highest BCUT2D eigenvalue weighted by Crippen LogP contribution is 2.39. The number of alkyl halides is 3. The van der Waals surface area contributed by atoms with Gasteiger partial charge in [0.2, 0.25) is 0 Å². The number of rotatable bonds is 2. The lowest BCUT2D eigenvalue weighted by atomic mass is 9.95. The zero-order valence-corrected chi connectivity index (χ0v) is 13.1. The molecule has 25 heavy (non-hydrogen) atoms. The number of hydrogen-bond donors (Lipinski definition) is 1. The van der Waals surface area contributed by atoms with Crippen LogP contribution < -0.4 is 5.73 Å². The molecule has 0 saturated carbocycles. The molecule has 1 atom stereocenters. The molecule has 1 unspecified atom stereocenters. The summed E-state index contributed by atoms with van der Waals surface area (Å²) < 4.78 is 52.9. The fraction of sp³-hybridized carbons (Fsp3) is 0.167. The van der Waals surface area contributed by atoms with E-state index in [1.54, 1.807) is 6.07 Å². The lowest BCUT2D eigenvalue weighted by Gasteiger charge is -2.22. The molecule has 1 aliphatic heterocycles. The van der Waals surface area contributed by atoms with E-state index in [-0.39, 0.29) is 22.5 Å². The molecule has 130 valence electrons. The van der Waals surface area contributed by atoms with E-state index in [2.05, 4.69) is 0 Å². The Hall–Kier alpha value is -2.83. The Labute approximate surface area is 141 Å². The summed E-state index contributed by atoms with van der Waals surface area (Å²) >= 11 is 0. The van der Waals surface area contributed by atoms with Gasteiger partial charge in [0.1, 0.15) is 17.7 Å². The molecule has 0 aromatic heterocycles.